The van der Waals surface area contributed by atoms with Crippen LogP contribution in [0.5, 0.6) is 0 Å². The van der Waals surface area contributed by atoms with E-state index in [0.29, 0.717) is 4.47 Å². The summed E-state index contributed by atoms with van der Waals surface area (Å²) in [6.07, 6.45) is 0. The molecule has 0 bridgehead atoms. The Morgan fingerprint density at radius 3 is 2.50 bits per heavy atom. The maximum Gasteiger partial charge on any atom is 0.336 e. The van der Waals surface area contributed by atoms with Crippen LogP contribution in [0.15, 0.2) is 56.7 Å². The van der Waals surface area contributed by atoms with Crippen LogP contribution < -0.4 is 0 Å². The molecule has 18 heavy (non-hydrogen) atoms. The van der Waals surface area contributed by atoms with Crippen LogP contribution in [0.2, 0.25) is 0 Å². The predicted octanol–water partition coefficient (Wildman–Crippen LogP) is 4.61. The van der Waals surface area contributed by atoms with Crippen LogP contribution >= 0.6 is 27.7 Å². The number of carboxylic acids is 1. The third kappa shape index (κ3) is 3.15. The minimum Gasteiger partial charge on any atom is -0.478 e. The fourth-order valence-electron chi connectivity index (χ4n) is 1.55. The van der Waals surface area contributed by atoms with Gasteiger partial charge in [-0.3, -0.25) is 0 Å². The van der Waals surface area contributed by atoms with E-state index in [4.69, 9.17) is 5.11 Å². The Balaban J connectivity index is 2.25. The van der Waals surface area contributed by atoms with Crippen molar-refractivity contribution in [3.05, 3.63) is 58.1 Å². The Labute approximate surface area is 118 Å². The van der Waals surface area contributed by atoms with Crippen LogP contribution in [0, 0.1) is 6.92 Å². The van der Waals surface area contributed by atoms with Gasteiger partial charge in [-0.15, -0.1) is 0 Å². The summed E-state index contributed by atoms with van der Waals surface area (Å²) in [6, 6.07) is 13.5. The molecule has 0 atom stereocenters. The zero-order valence-electron chi connectivity index (χ0n) is 9.68. The Morgan fingerprint density at radius 1 is 1.17 bits per heavy atom. The molecule has 2 aromatic rings. The molecule has 0 spiro atoms. The van der Waals surface area contributed by atoms with Crippen molar-refractivity contribution in [2.24, 2.45) is 0 Å². The van der Waals surface area contributed by atoms with Crippen LogP contribution in [0.3, 0.4) is 0 Å². The molecule has 0 saturated carbocycles. The first-order valence-electron chi connectivity index (χ1n) is 5.33. The average Bonchev–Trinajstić information content (AvgIpc) is 2.28. The number of aromatic carboxylic acids is 1. The van der Waals surface area contributed by atoms with E-state index in [2.05, 4.69) is 22.0 Å². The first-order valence-corrected chi connectivity index (χ1v) is 6.94. The molecule has 0 aliphatic rings. The zero-order chi connectivity index (χ0) is 13.1. The lowest BCUT2D eigenvalue weighted by Gasteiger charge is -2.05. The van der Waals surface area contributed by atoms with Crippen LogP contribution in [0.1, 0.15) is 15.9 Å². The standard InChI is InChI=1S/C14H11BrO2S/c1-9-3-2-4-10(7-9)18-11-5-6-12(14(16)17)13(15)8-11/h2-8H,1H3,(H,16,17). The van der Waals surface area contributed by atoms with E-state index in [-0.39, 0.29) is 5.56 Å². The Kier molecular flexibility index (Phi) is 4.09. The maximum absolute atomic E-state index is 10.9. The number of hydrogen-bond donors (Lipinski definition) is 1. The zero-order valence-corrected chi connectivity index (χ0v) is 12.1. The van der Waals surface area contributed by atoms with Gasteiger partial charge in [0.25, 0.3) is 0 Å². The topological polar surface area (TPSA) is 37.3 Å². The number of halogens is 1. The van der Waals surface area contributed by atoms with Gasteiger partial charge in [0, 0.05) is 14.3 Å². The molecule has 0 aliphatic heterocycles. The van der Waals surface area contributed by atoms with Gasteiger partial charge in [-0.2, -0.15) is 0 Å². The summed E-state index contributed by atoms with van der Waals surface area (Å²) in [5.74, 6) is -0.922. The second kappa shape index (κ2) is 5.59. The first-order chi connectivity index (χ1) is 8.56. The monoisotopic (exact) mass is 322 g/mol. The molecule has 0 aliphatic carbocycles. The quantitative estimate of drug-likeness (QED) is 0.896. The summed E-state index contributed by atoms with van der Waals surface area (Å²) in [6.45, 7) is 2.05. The van der Waals surface area contributed by atoms with E-state index in [9.17, 15) is 4.79 Å². The van der Waals surface area contributed by atoms with E-state index < -0.39 is 5.97 Å². The number of aryl methyl sites for hydroxylation is 1. The molecule has 4 heteroatoms. The number of carbonyl (C=O) groups is 1. The molecule has 2 aromatic carbocycles. The smallest absolute Gasteiger partial charge is 0.336 e. The molecule has 0 heterocycles. The van der Waals surface area contributed by atoms with E-state index in [1.54, 1.807) is 17.8 Å². The van der Waals surface area contributed by atoms with Gasteiger partial charge in [0.05, 0.1) is 5.56 Å². The van der Waals surface area contributed by atoms with Crippen molar-refractivity contribution in [1.82, 2.24) is 0 Å². The molecule has 0 radical (unpaired) electrons. The molecule has 0 saturated heterocycles. The van der Waals surface area contributed by atoms with Gasteiger partial charge < -0.3 is 5.11 Å². The Hall–Kier alpha value is -1.26. The number of rotatable bonds is 3. The lowest BCUT2D eigenvalue weighted by atomic mass is 10.2. The fourth-order valence-corrected chi connectivity index (χ4v) is 3.22. The summed E-state index contributed by atoms with van der Waals surface area (Å²) in [5, 5.41) is 8.95. The normalized spacial score (nSPS) is 10.3. The third-order valence-electron chi connectivity index (χ3n) is 2.40. The summed E-state index contributed by atoms with van der Waals surface area (Å²) in [4.78, 5) is 13.1. The van der Waals surface area contributed by atoms with Gasteiger partial charge >= 0.3 is 5.97 Å². The molecular formula is C14H11BrO2S. The van der Waals surface area contributed by atoms with Crippen molar-refractivity contribution in [1.29, 1.82) is 0 Å². The molecule has 2 rings (SSSR count). The second-order valence-electron chi connectivity index (χ2n) is 3.87. The van der Waals surface area contributed by atoms with Crippen LogP contribution in [-0.2, 0) is 0 Å². The SMILES string of the molecule is Cc1cccc(Sc2ccc(C(=O)O)c(Br)c2)c1. The first kappa shape index (κ1) is 13.2. The maximum atomic E-state index is 10.9. The Bertz CT molecular complexity index is 596. The lowest BCUT2D eigenvalue weighted by Crippen LogP contribution is -1.96. The molecule has 92 valence electrons. The molecular weight excluding hydrogens is 312 g/mol. The van der Waals surface area contributed by atoms with Gasteiger partial charge in [-0.25, -0.2) is 4.79 Å². The number of hydrogen-bond acceptors (Lipinski definition) is 2. The Morgan fingerprint density at radius 2 is 1.89 bits per heavy atom. The predicted molar refractivity (Wildman–Crippen MR) is 76.4 cm³/mol. The van der Waals surface area contributed by atoms with Crippen LogP contribution in [-0.4, -0.2) is 11.1 Å². The van der Waals surface area contributed by atoms with E-state index >= 15 is 0 Å². The molecule has 1 N–H and O–H groups in total. The average molecular weight is 323 g/mol. The van der Waals surface area contributed by atoms with E-state index in [1.807, 2.05) is 37.3 Å². The van der Waals surface area contributed by atoms with Gasteiger partial charge in [0.2, 0.25) is 0 Å². The van der Waals surface area contributed by atoms with Crippen LogP contribution in [0.25, 0.3) is 0 Å². The van der Waals surface area contributed by atoms with Gasteiger partial charge in [-0.1, -0.05) is 29.5 Å². The summed E-state index contributed by atoms with van der Waals surface area (Å²) >= 11 is 4.89. The second-order valence-corrected chi connectivity index (χ2v) is 5.87. The molecule has 0 aromatic heterocycles. The van der Waals surface area contributed by atoms with Crippen molar-refractivity contribution in [2.75, 3.05) is 0 Å². The molecule has 0 fully saturated rings. The number of benzene rings is 2. The third-order valence-corrected chi connectivity index (χ3v) is 4.03. The summed E-state index contributed by atoms with van der Waals surface area (Å²) in [7, 11) is 0. The summed E-state index contributed by atoms with van der Waals surface area (Å²) in [5.41, 5.74) is 1.49. The van der Waals surface area contributed by atoms with Crippen molar-refractivity contribution < 1.29 is 9.90 Å². The minimum absolute atomic E-state index is 0.281. The fraction of sp³-hybridized carbons (Fsp3) is 0.0714. The van der Waals surface area contributed by atoms with Gasteiger partial charge in [0.1, 0.15) is 0 Å². The van der Waals surface area contributed by atoms with Gasteiger partial charge in [0.15, 0.2) is 0 Å². The van der Waals surface area contributed by atoms with E-state index in [0.717, 1.165) is 9.79 Å². The molecule has 0 amide bonds. The van der Waals surface area contributed by atoms with Crippen molar-refractivity contribution in [3.8, 4) is 0 Å². The highest BCUT2D eigenvalue weighted by Crippen LogP contribution is 2.31. The number of carboxylic acid groups (broad SMARTS) is 1. The van der Waals surface area contributed by atoms with Crippen molar-refractivity contribution in [3.63, 3.8) is 0 Å². The molecule has 2 nitrogen and oxygen atoms in total. The highest BCUT2D eigenvalue weighted by atomic mass is 79.9. The highest BCUT2D eigenvalue weighted by Gasteiger charge is 2.08. The summed E-state index contributed by atoms with van der Waals surface area (Å²) < 4.78 is 0.604. The lowest BCUT2D eigenvalue weighted by molar-refractivity contribution is 0.0696. The van der Waals surface area contributed by atoms with Crippen LogP contribution in [0.4, 0.5) is 0 Å². The van der Waals surface area contributed by atoms with Gasteiger partial charge in [-0.05, 0) is 53.2 Å². The van der Waals surface area contributed by atoms with E-state index in [1.165, 1.54) is 5.56 Å². The van der Waals surface area contributed by atoms with Crippen molar-refractivity contribution >= 4 is 33.7 Å². The highest BCUT2D eigenvalue weighted by molar-refractivity contribution is 9.10. The minimum atomic E-state index is -0.922. The van der Waals surface area contributed by atoms with Crippen molar-refractivity contribution in [2.45, 2.75) is 16.7 Å². The largest absolute Gasteiger partial charge is 0.478 e. The molecule has 0 unspecified atom stereocenters.